The standard InChI is InChI=1S/C7H11FO2/c8-6-3-1-2-5(4-6)7(9)10/h5-6H,1-4H2,(H,9,10)/t5-,6-/m0/s1. The van der Waals surface area contributed by atoms with Crippen LogP contribution in [0.3, 0.4) is 0 Å². The lowest BCUT2D eigenvalue weighted by molar-refractivity contribution is -0.143. The molecule has 0 radical (unpaired) electrons. The first-order valence-electron chi connectivity index (χ1n) is 3.57. The molecule has 0 heterocycles. The first kappa shape index (κ1) is 7.51. The van der Waals surface area contributed by atoms with E-state index in [1.54, 1.807) is 0 Å². The maximum absolute atomic E-state index is 12.5. The second-order valence-corrected chi connectivity index (χ2v) is 2.80. The molecule has 0 unspecified atom stereocenters. The zero-order valence-electron chi connectivity index (χ0n) is 5.72. The van der Waals surface area contributed by atoms with E-state index in [1.807, 2.05) is 0 Å². The van der Waals surface area contributed by atoms with Gasteiger partial charge in [-0.25, -0.2) is 4.39 Å². The molecule has 0 spiro atoms. The quantitative estimate of drug-likeness (QED) is 0.610. The Hall–Kier alpha value is -0.600. The van der Waals surface area contributed by atoms with Crippen molar-refractivity contribution in [1.82, 2.24) is 0 Å². The number of alkyl halides is 1. The van der Waals surface area contributed by atoms with E-state index in [2.05, 4.69) is 0 Å². The van der Waals surface area contributed by atoms with E-state index in [-0.39, 0.29) is 6.42 Å². The molecule has 3 heteroatoms. The average molecular weight is 146 g/mol. The van der Waals surface area contributed by atoms with Gasteiger partial charge in [-0.1, -0.05) is 0 Å². The van der Waals surface area contributed by atoms with E-state index in [9.17, 15) is 9.18 Å². The number of carbonyl (C=O) groups is 1. The highest BCUT2D eigenvalue weighted by molar-refractivity contribution is 5.70. The number of carboxylic acids is 1. The summed E-state index contributed by atoms with van der Waals surface area (Å²) in [6.45, 7) is 0. The van der Waals surface area contributed by atoms with Gasteiger partial charge in [0, 0.05) is 0 Å². The van der Waals surface area contributed by atoms with Crippen molar-refractivity contribution in [3.63, 3.8) is 0 Å². The molecule has 10 heavy (non-hydrogen) atoms. The van der Waals surface area contributed by atoms with Gasteiger partial charge in [-0.2, -0.15) is 0 Å². The number of halogens is 1. The van der Waals surface area contributed by atoms with Crippen molar-refractivity contribution in [1.29, 1.82) is 0 Å². The molecule has 0 saturated heterocycles. The molecule has 58 valence electrons. The van der Waals surface area contributed by atoms with E-state index >= 15 is 0 Å². The minimum Gasteiger partial charge on any atom is -0.481 e. The third-order valence-electron chi connectivity index (χ3n) is 1.96. The highest BCUT2D eigenvalue weighted by Crippen LogP contribution is 2.26. The van der Waals surface area contributed by atoms with Crippen LogP contribution in [-0.2, 0) is 4.79 Å². The summed E-state index contributed by atoms with van der Waals surface area (Å²) >= 11 is 0. The van der Waals surface area contributed by atoms with Gasteiger partial charge in [0.05, 0.1) is 5.92 Å². The monoisotopic (exact) mass is 146 g/mol. The Morgan fingerprint density at radius 1 is 1.50 bits per heavy atom. The molecule has 0 aromatic carbocycles. The first-order valence-corrected chi connectivity index (χ1v) is 3.57. The topological polar surface area (TPSA) is 37.3 Å². The van der Waals surface area contributed by atoms with Gasteiger partial charge in [0.15, 0.2) is 0 Å². The Morgan fingerprint density at radius 3 is 2.60 bits per heavy atom. The lowest BCUT2D eigenvalue weighted by atomic mass is 9.88. The van der Waals surface area contributed by atoms with Crippen LogP contribution in [0.1, 0.15) is 25.7 Å². The van der Waals surface area contributed by atoms with Crippen LogP contribution < -0.4 is 0 Å². The molecule has 0 amide bonds. The van der Waals surface area contributed by atoms with Crippen molar-refractivity contribution in [3.8, 4) is 0 Å². The van der Waals surface area contributed by atoms with Crippen LogP contribution in [0.2, 0.25) is 0 Å². The Kier molecular flexibility index (Phi) is 2.25. The summed E-state index contributed by atoms with van der Waals surface area (Å²) in [5.74, 6) is -1.27. The Labute approximate surface area is 59.0 Å². The molecule has 2 atom stereocenters. The number of aliphatic carboxylic acids is 1. The Morgan fingerprint density at radius 2 is 2.20 bits per heavy atom. The summed E-state index contributed by atoms with van der Waals surface area (Å²) < 4.78 is 12.5. The van der Waals surface area contributed by atoms with Crippen LogP contribution in [0, 0.1) is 5.92 Å². The number of carboxylic acid groups (broad SMARTS) is 1. The van der Waals surface area contributed by atoms with Gasteiger partial charge < -0.3 is 5.11 Å². The molecule has 0 aromatic heterocycles. The summed E-state index contributed by atoms with van der Waals surface area (Å²) in [7, 11) is 0. The van der Waals surface area contributed by atoms with E-state index < -0.39 is 18.1 Å². The van der Waals surface area contributed by atoms with Crippen LogP contribution in [0.4, 0.5) is 4.39 Å². The lowest BCUT2D eigenvalue weighted by Crippen LogP contribution is -2.22. The molecule has 0 bridgehead atoms. The highest BCUT2D eigenvalue weighted by atomic mass is 19.1. The Balaban J connectivity index is 2.39. The molecule has 0 aromatic rings. The van der Waals surface area contributed by atoms with Gasteiger partial charge in [-0.15, -0.1) is 0 Å². The van der Waals surface area contributed by atoms with Crippen LogP contribution in [0.15, 0.2) is 0 Å². The first-order chi connectivity index (χ1) is 4.70. The lowest BCUT2D eigenvalue weighted by Gasteiger charge is -2.20. The van der Waals surface area contributed by atoms with Crippen molar-refractivity contribution in [2.45, 2.75) is 31.9 Å². The summed E-state index contributed by atoms with van der Waals surface area (Å²) in [5, 5.41) is 8.49. The molecule has 1 N–H and O–H groups in total. The van der Waals surface area contributed by atoms with Crippen LogP contribution in [0.25, 0.3) is 0 Å². The molecule has 1 saturated carbocycles. The SMILES string of the molecule is O=C(O)[C@H]1CCC[C@H](F)C1. The predicted octanol–water partition coefficient (Wildman–Crippen LogP) is 1.60. The van der Waals surface area contributed by atoms with Gasteiger partial charge in [0.1, 0.15) is 6.17 Å². The second-order valence-electron chi connectivity index (χ2n) is 2.80. The van der Waals surface area contributed by atoms with Gasteiger partial charge in [-0.3, -0.25) is 4.79 Å². The van der Waals surface area contributed by atoms with Crippen molar-refractivity contribution < 1.29 is 14.3 Å². The second kappa shape index (κ2) is 2.99. The van der Waals surface area contributed by atoms with Gasteiger partial charge in [-0.05, 0) is 25.7 Å². The Bertz CT molecular complexity index is 136. The molecule has 1 aliphatic carbocycles. The maximum atomic E-state index is 12.5. The van der Waals surface area contributed by atoms with Crippen LogP contribution >= 0.6 is 0 Å². The molecule has 2 nitrogen and oxygen atoms in total. The third kappa shape index (κ3) is 1.69. The average Bonchev–Trinajstić information content (AvgIpc) is 1.88. The zero-order valence-corrected chi connectivity index (χ0v) is 5.72. The normalized spacial score (nSPS) is 33.7. The highest BCUT2D eigenvalue weighted by Gasteiger charge is 2.26. The number of hydrogen-bond donors (Lipinski definition) is 1. The fourth-order valence-electron chi connectivity index (χ4n) is 1.35. The smallest absolute Gasteiger partial charge is 0.306 e. The van der Waals surface area contributed by atoms with Crippen LogP contribution in [0.5, 0.6) is 0 Å². The number of rotatable bonds is 1. The van der Waals surface area contributed by atoms with E-state index in [0.29, 0.717) is 12.8 Å². The number of hydrogen-bond acceptors (Lipinski definition) is 1. The summed E-state index contributed by atoms with van der Waals surface area (Å²) in [6, 6.07) is 0. The molecule has 1 rings (SSSR count). The molecule has 0 aliphatic heterocycles. The molecule has 1 aliphatic rings. The predicted molar refractivity (Wildman–Crippen MR) is 34.5 cm³/mol. The van der Waals surface area contributed by atoms with Crippen molar-refractivity contribution in [2.75, 3.05) is 0 Å². The van der Waals surface area contributed by atoms with Gasteiger partial charge in [0.25, 0.3) is 0 Å². The third-order valence-corrected chi connectivity index (χ3v) is 1.96. The summed E-state index contributed by atoms with van der Waals surface area (Å²) in [4.78, 5) is 10.3. The van der Waals surface area contributed by atoms with Crippen LogP contribution in [-0.4, -0.2) is 17.2 Å². The maximum Gasteiger partial charge on any atom is 0.306 e. The largest absolute Gasteiger partial charge is 0.481 e. The van der Waals surface area contributed by atoms with Crippen molar-refractivity contribution in [3.05, 3.63) is 0 Å². The molecular formula is C7H11FO2. The minimum atomic E-state index is -0.880. The molecule has 1 fully saturated rings. The van der Waals surface area contributed by atoms with E-state index in [4.69, 9.17) is 5.11 Å². The fourth-order valence-corrected chi connectivity index (χ4v) is 1.35. The van der Waals surface area contributed by atoms with Crippen molar-refractivity contribution in [2.24, 2.45) is 5.92 Å². The van der Waals surface area contributed by atoms with Gasteiger partial charge in [0.2, 0.25) is 0 Å². The van der Waals surface area contributed by atoms with Crippen molar-refractivity contribution >= 4 is 5.97 Å². The van der Waals surface area contributed by atoms with E-state index in [1.165, 1.54) is 0 Å². The van der Waals surface area contributed by atoms with Gasteiger partial charge >= 0.3 is 5.97 Å². The fraction of sp³-hybridized carbons (Fsp3) is 0.857. The summed E-state index contributed by atoms with van der Waals surface area (Å²) in [6.07, 6.45) is 1.25. The summed E-state index contributed by atoms with van der Waals surface area (Å²) in [5.41, 5.74) is 0. The minimum absolute atomic E-state index is 0.218. The molecular weight excluding hydrogens is 135 g/mol. The zero-order chi connectivity index (χ0) is 7.56. The van der Waals surface area contributed by atoms with E-state index in [0.717, 1.165) is 6.42 Å².